The number of hydrogen-bond acceptors (Lipinski definition) is 4. The molecule has 132 valence electrons. The van der Waals surface area contributed by atoms with Gasteiger partial charge in [-0.15, -0.1) is 0 Å². The first-order valence-corrected chi connectivity index (χ1v) is 8.39. The number of carboxylic acid groups (broad SMARTS) is 2. The molecule has 23 heavy (non-hydrogen) atoms. The van der Waals surface area contributed by atoms with Crippen LogP contribution in [-0.4, -0.2) is 44.1 Å². The third-order valence-corrected chi connectivity index (χ3v) is 3.19. The van der Waals surface area contributed by atoms with E-state index in [1.54, 1.807) is 0 Å². The summed E-state index contributed by atoms with van der Waals surface area (Å²) in [4.78, 5) is 19.5. The van der Waals surface area contributed by atoms with Crippen molar-refractivity contribution in [3.05, 3.63) is 0 Å². The van der Waals surface area contributed by atoms with Crippen LogP contribution in [0, 0.1) is 0 Å². The number of carbonyl (C=O) groups is 2. The second-order valence-electron chi connectivity index (χ2n) is 6.73. The predicted octanol–water partition coefficient (Wildman–Crippen LogP) is -1.90. The standard InChI is InChI=1S/C11H26N.C6H10O4.Na/c1-5-6-7-8-9-10-11-12(2,3)4;7-5(8)3-1-2-4-6(9)10;/h5-11H2,1-4H3;1-4H2,(H,7,8)(H,9,10);/q+1;;+1/p-2. The number of nitrogens with zero attached hydrogens (tertiary/aromatic N) is 1. The van der Waals surface area contributed by atoms with E-state index in [4.69, 9.17) is 0 Å². The normalized spacial score (nSPS) is 10.3. The summed E-state index contributed by atoms with van der Waals surface area (Å²) in [5.41, 5.74) is 0. The van der Waals surface area contributed by atoms with E-state index in [-0.39, 0.29) is 42.4 Å². The van der Waals surface area contributed by atoms with E-state index < -0.39 is 11.9 Å². The number of aliphatic carboxylic acids is 2. The summed E-state index contributed by atoms with van der Waals surface area (Å²) in [5.74, 6) is -2.28. The Balaban J connectivity index is -0.000000338. The Hall–Kier alpha value is -0.100. The molecule has 0 atom stereocenters. The fraction of sp³-hybridized carbons (Fsp3) is 0.882. The van der Waals surface area contributed by atoms with Gasteiger partial charge in [-0.3, -0.25) is 0 Å². The van der Waals surface area contributed by atoms with Gasteiger partial charge in [0.2, 0.25) is 0 Å². The van der Waals surface area contributed by atoms with Gasteiger partial charge in [0, 0.05) is 11.9 Å². The minimum Gasteiger partial charge on any atom is -0.550 e. The molecule has 0 aromatic rings. The van der Waals surface area contributed by atoms with E-state index in [1.807, 2.05) is 0 Å². The fourth-order valence-corrected chi connectivity index (χ4v) is 1.91. The Kier molecular flexibility index (Phi) is 22.0. The average molecular weight is 339 g/mol. The predicted molar refractivity (Wildman–Crippen MR) is 84.8 cm³/mol. The van der Waals surface area contributed by atoms with Crippen molar-refractivity contribution in [2.75, 3.05) is 27.7 Å². The molecule has 0 fully saturated rings. The van der Waals surface area contributed by atoms with Crippen LogP contribution in [-0.2, 0) is 9.59 Å². The minimum atomic E-state index is -1.14. The monoisotopic (exact) mass is 339 g/mol. The van der Waals surface area contributed by atoms with Gasteiger partial charge in [0.1, 0.15) is 0 Å². The molecule has 0 aliphatic rings. The van der Waals surface area contributed by atoms with Crippen molar-refractivity contribution in [2.24, 2.45) is 0 Å². The van der Waals surface area contributed by atoms with Gasteiger partial charge < -0.3 is 24.3 Å². The first kappa shape index (κ1) is 27.7. The van der Waals surface area contributed by atoms with Crippen molar-refractivity contribution in [1.29, 1.82) is 0 Å². The zero-order chi connectivity index (χ0) is 17.4. The Morgan fingerprint density at radius 1 is 0.739 bits per heavy atom. The first-order chi connectivity index (χ1) is 10.2. The van der Waals surface area contributed by atoms with E-state index in [1.165, 1.54) is 45.1 Å². The van der Waals surface area contributed by atoms with Gasteiger partial charge in [0.15, 0.2) is 0 Å². The Morgan fingerprint density at radius 2 is 1.13 bits per heavy atom. The van der Waals surface area contributed by atoms with Crippen molar-refractivity contribution in [3.8, 4) is 0 Å². The zero-order valence-corrected chi connectivity index (χ0v) is 17.9. The quantitative estimate of drug-likeness (QED) is 0.236. The van der Waals surface area contributed by atoms with Gasteiger partial charge in [-0.05, 0) is 38.5 Å². The van der Waals surface area contributed by atoms with Gasteiger partial charge in [0.25, 0.3) is 0 Å². The van der Waals surface area contributed by atoms with E-state index in [9.17, 15) is 19.8 Å². The number of unbranched alkanes of at least 4 members (excludes halogenated alkanes) is 6. The molecule has 0 aliphatic heterocycles. The number of quaternary nitrogens is 1. The van der Waals surface area contributed by atoms with Crippen LogP contribution in [0.15, 0.2) is 0 Å². The van der Waals surface area contributed by atoms with Crippen LogP contribution >= 0.6 is 0 Å². The van der Waals surface area contributed by atoms with Crippen LogP contribution in [0.5, 0.6) is 0 Å². The summed E-state index contributed by atoms with van der Waals surface area (Å²) in [7, 11) is 6.81. The largest absolute Gasteiger partial charge is 1.00 e. The van der Waals surface area contributed by atoms with Crippen molar-refractivity contribution in [1.82, 2.24) is 0 Å². The van der Waals surface area contributed by atoms with E-state index >= 15 is 0 Å². The Morgan fingerprint density at radius 3 is 1.48 bits per heavy atom. The molecule has 0 radical (unpaired) electrons. The topological polar surface area (TPSA) is 80.3 Å². The number of hydrogen-bond donors (Lipinski definition) is 0. The van der Waals surface area contributed by atoms with Crippen LogP contribution in [0.1, 0.15) is 71.1 Å². The molecule has 0 saturated heterocycles. The van der Waals surface area contributed by atoms with E-state index in [0.717, 1.165) is 4.48 Å². The maximum atomic E-state index is 9.77. The summed E-state index contributed by atoms with van der Waals surface area (Å²) in [6.07, 6.45) is 9.01. The molecule has 0 saturated carbocycles. The minimum absolute atomic E-state index is 0. The molecular formula is C17H34NNaO4. The maximum absolute atomic E-state index is 9.77. The molecule has 0 heterocycles. The molecule has 0 bridgehead atoms. The van der Waals surface area contributed by atoms with Crippen molar-refractivity contribution in [3.63, 3.8) is 0 Å². The van der Waals surface area contributed by atoms with Gasteiger partial charge in [-0.2, -0.15) is 0 Å². The molecule has 0 amide bonds. The molecule has 0 unspecified atom stereocenters. The molecule has 0 aliphatic carbocycles. The zero-order valence-electron chi connectivity index (χ0n) is 15.9. The summed E-state index contributed by atoms with van der Waals surface area (Å²) in [5, 5.41) is 19.5. The molecule has 0 N–H and O–H groups in total. The summed E-state index contributed by atoms with van der Waals surface area (Å²) >= 11 is 0. The van der Waals surface area contributed by atoms with Gasteiger partial charge in [-0.25, -0.2) is 0 Å². The van der Waals surface area contributed by atoms with Crippen molar-refractivity contribution in [2.45, 2.75) is 71.1 Å². The molecule has 0 aromatic carbocycles. The number of carboxylic acids is 2. The van der Waals surface area contributed by atoms with Crippen LogP contribution in [0.3, 0.4) is 0 Å². The Labute approximate surface area is 164 Å². The maximum Gasteiger partial charge on any atom is 1.00 e. The van der Waals surface area contributed by atoms with Crippen LogP contribution in [0.2, 0.25) is 0 Å². The SMILES string of the molecule is CCCCCCCC[N+](C)(C)C.O=C([O-])CCCCC(=O)[O-].[Na+]. The van der Waals surface area contributed by atoms with E-state index in [2.05, 4.69) is 28.1 Å². The third kappa shape index (κ3) is 34.3. The summed E-state index contributed by atoms with van der Waals surface area (Å²) in [6, 6.07) is 0. The van der Waals surface area contributed by atoms with Crippen LogP contribution < -0.4 is 39.8 Å². The van der Waals surface area contributed by atoms with Gasteiger partial charge in [-0.1, -0.05) is 32.6 Å². The summed E-state index contributed by atoms with van der Waals surface area (Å²) < 4.78 is 1.12. The smallest absolute Gasteiger partial charge is 0.550 e. The van der Waals surface area contributed by atoms with Gasteiger partial charge >= 0.3 is 29.6 Å². The van der Waals surface area contributed by atoms with Gasteiger partial charge in [0.05, 0.1) is 27.7 Å². The fourth-order valence-electron chi connectivity index (χ4n) is 1.91. The van der Waals surface area contributed by atoms with Crippen LogP contribution in [0.25, 0.3) is 0 Å². The molecule has 0 rings (SSSR count). The third-order valence-electron chi connectivity index (χ3n) is 3.19. The summed E-state index contributed by atoms with van der Waals surface area (Å²) in [6.45, 7) is 3.60. The van der Waals surface area contributed by atoms with Crippen LogP contribution in [0.4, 0.5) is 0 Å². The van der Waals surface area contributed by atoms with Crippen molar-refractivity contribution >= 4 is 11.9 Å². The second kappa shape index (κ2) is 18.2. The second-order valence-corrected chi connectivity index (χ2v) is 6.73. The van der Waals surface area contributed by atoms with E-state index in [0.29, 0.717) is 12.8 Å². The molecule has 0 aromatic heterocycles. The number of carbonyl (C=O) groups excluding carboxylic acids is 2. The molecule has 5 nitrogen and oxygen atoms in total. The average Bonchev–Trinajstić information content (AvgIpc) is 2.38. The Bertz CT molecular complexity index is 275. The molecule has 0 spiro atoms. The number of rotatable bonds is 12. The van der Waals surface area contributed by atoms with Crippen molar-refractivity contribution < 1.29 is 53.8 Å². The molecule has 6 heteroatoms. The first-order valence-electron chi connectivity index (χ1n) is 8.39. The molecular weight excluding hydrogens is 305 g/mol.